The van der Waals surface area contributed by atoms with Gasteiger partial charge in [0.25, 0.3) is 5.91 Å². The number of benzene rings is 1. The fourth-order valence-electron chi connectivity index (χ4n) is 1.62. The van der Waals surface area contributed by atoms with Gasteiger partial charge in [-0.15, -0.1) is 6.58 Å². The van der Waals surface area contributed by atoms with E-state index in [1.807, 2.05) is 24.3 Å². The van der Waals surface area contributed by atoms with Crippen LogP contribution in [-0.4, -0.2) is 17.4 Å². The molecule has 0 fully saturated rings. The molecule has 1 aromatic heterocycles. The summed E-state index contributed by atoms with van der Waals surface area (Å²) in [7, 11) is 0. The smallest absolute Gasteiger partial charge is 0.257 e. The number of hydrogen-bond acceptors (Lipinski definition) is 3. The Morgan fingerprint density at radius 2 is 2.15 bits per heavy atom. The third kappa shape index (κ3) is 3.93. The zero-order chi connectivity index (χ0) is 14.4. The van der Waals surface area contributed by atoms with Crippen LogP contribution in [-0.2, 0) is 0 Å². The molecule has 0 unspecified atom stereocenters. The number of carbonyl (C=O) groups is 1. The summed E-state index contributed by atoms with van der Waals surface area (Å²) in [4.78, 5) is 16.2. The van der Waals surface area contributed by atoms with Gasteiger partial charge in [-0.25, -0.2) is 0 Å². The van der Waals surface area contributed by atoms with E-state index in [9.17, 15) is 4.79 Å². The Hall–Kier alpha value is -2.14. The summed E-state index contributed by atoms with van der Waals surface area (Å²) in [6, 6.07) is 9.18. The molecule has 102 valence electrons. The van der Waals surface area contributed by atoms with Crippen LogP contribution in [0.1, 0.15) is 10.4 Å². The Balaban J connectivity index is 2.10. The summed E-state index contributed by atoms with van der Waals surface area (Å²) in [6.45, 7) is 4.25. The summed E-state index contributed by atoms with van der Waals surface area (Å²) in [6.07, 6.45) is 4.94. The maximum atomic E-state index is 12.1. The molecule has 5 heteroatoms. The van der Waals surface area contributed by atoms with Crippen LogP contribution in [0.2, 0.25) is 0 Å². The lowest BCUT2D eigenvalue weighted by Gasteiger charge is -2.07. The van der Waals surface area contributed by atoms with Gasteiger partial charge in [0.1, 0.15) is 0 Å². The highest BCUT2D eigenvalue weighted by molar-refractivity contribution is 9.10. The highest BCUT2D eigenvalue weighted by atomic mass is 79.9. The van der Waals surface area contributed by atoms with Crippen molar-refractivity contribution in [1.29, 1.82) is 0 Å². The summed E-state index contributed by atoms with van der Waals surface area (Å²) in [5, 5.41) is 5.92. The van der Waals surface area contributed by atoms with Crippen LogP contribution in [0.25, 0.3) is 0 Å². The lowest BCUT2D eigenvalue weighted by Crippen LogP contribution is -2.12. The minimum atomic E-state index is -0.196. The van der Waals surface area contributed by atoms with Crippen molar-refractivity contribution >= 4 is 33.2 Å². The first-order valence-corrected chi connectivity index (χ1v) is 6.85. The van der Waals surface area contributed by atoms with Gasteiger partial charge in [-0.1, -0.05) is 28.1 Å². The molecule has 0 aliphatic carbocycles. The minimum Gasteiger partial charge on any atom is -0.380 e. The first kappa shape index (κ1) is 14.3. The van der Waals surface area contributed by atoms with Crippen LogP contribution in [0.4, 0.5) is 11.4 Å². The third-order valence-electron chi connectivity index (χ3n) is 2.53. The molecule has 4 nitrogen and oxygen atoms in total. The van der Waals surface area contributed by atoms with Crippen LogP contribution in [0.5, 0.6) is 0 Å². The van der Waals surface area contributed by atoms with Crippen molar-refractivity contribution in [3.63, 3.8) is 0 Å². The number of rotatable bonds is 5. The molecule has 2 aromatic rings. The van der Waals surface area contributed by atoms with E-state index >= 15 is 0 Å². The van der Waals surface area contributed by atoms with Crippen molar-refractivity contribution in [2.24, 2.45) is 0 Å². The van der Waals surface area contributed by atoms with Crippen LogP contribution >= 0.6 is 15.9 Å². The summed E-state index contributed by atoms with van der Waals surface area (Å²) < 4.78 is 0.912. The average molecular weight is 332 g/mol. The molecule has 0 atom stereocenters. The summed E-state index contributed by atoms with van der Waals surface area (Å²) in [5.41, 5.74) is 2.01. The van der Waals surface area contributed by atoms with Gasteiger partial charge < -0.3 is 10.6 Å². The van der Waals surface area contributed by atoms with Gasteiger partial charge in [-0.05, 0) is 24.3 Å². The van der Waals surface area contributed by atoms with Gasteiger partial charge in [-0.2, -0.15) is 0 Å². The standard InChI is InChI=1S/C15H14BrN3O/c1-2-6-18-14-7-11(9-17-10-14)15(20)19-13-5-3-4-12(16)8-13/h2-5,7-10,18H,1,6H2,(H,19,20). The quantitative estimate of drug-likeness (QED) is 0.821. The maximum absolute atomic E-state index is 12.1. The van der Waals surface area contributed by atoms with Crippen LogP contribution in [0.3, 0.4) is 0 Å². The Morgan fingerprint density at radius 1 is 1.30 bits per heavy atom. The van der Waals surface area contributed by atoms with Gasteiger partial charge in [-0.3, -0.25) is 9.78 Å². The largest absolute Gasteiger partial charge is 0.380 e. The van der Waals surface area contributed by atoms with E-state index in [1.165, 1.54) is 6.20 Å². The van der Waals surface area contributed by atoms with E-state index in [-0.39, 0.29) is 5.91 Å². The molecule has 1 aromatic carbocycles. The Labute approximate surface area is 126 Å². The highest BCUT2D eigenvalue weighted by Gasteiger charge is 2.07. The number of carbonyl (C=O) groups excluding carboxylic acids is 1. The van der Waals surface area contributed by atoms with Crippen molar-refractivity contribution in [3.8, 4) is 0 Å². The van der Waals surface area contributed by atoms with E-state index in [0.29, 0.717) is 12.1 Å². The van der Waals surface area contributed by atoms with Crippen molar-refractivity contribution in [3.05, 3.63) is 65.4 Å². The van der Waals surface area contributed by atoms with Crippen molar-refractivity contribution in [2.75, 3.05) is 17.2 Å². The number of aromatic nitrogens is 1. The second-order valence-corrected chi connectivity index (χ2v) is 5.01. The molecule has 0 aliphatic heterocycles. The van der Waals surface area contributed by atoms with E-state index in [2.05, 4.69) is 38.1 Å². The number of pyridine rings is 1. The van der Waals surface area contributed by atoms with Crippen LogP contribution < -0.4 is 10.6 Å². The van der Waals surface area contributed by atoms with E-state index in [1.54, 1.807) is 18.3 Å². The fraction of sp³-hybridized carbons (Fsp3) is 0.0667. The highest BCUT2D eigenvalue weighted by Crippen LogP contribution is 2.17. The first-order valence-electron chi connectivity index (χ1n) is 6.06. The Morgan fingerprint density at radius 3 is 2.90 bits per heavy atom. The molecule has 0 spiro atoms. The third-order valence-corrected chi connectivity index (χ3v) is 3.03. The van der Waals surface area contributed by atoms with Crippen molar-refractivity contribution in [1.82, 2.24) is 4.98 Å². The number of amides is 1. The van der Waals surface area contributed by atoms with Gasteiger partial charge in [0, 0.05) is 29.1 Å². The Bertz CT molecular complexity index is 628. The maximum Gasteiger partial charge on any atom is 0.257 e. The molecule has 0 saturated heterocycles. The monoisotopic (exact) mass is 331 g/mol. The number of nitrogens with zero attached hydrogens (tertiary/aromatic N) is 1. The normalized spacial score (nSPS) is 9.85. The predicted molar refractivity (Wildman–Crippen MR) is 85.0 cm³/mol. The minimum absolute atomic E-state index is 0.196. The molecule has 20 heavy (non-hydrogen) atoms. The van der Waals surface area contributed by atoms with Crippen molar-refractivity contribution < 1.29 is 4.79 Å². The SMILES string of the molecule is C=CCNc1cncc(C(=O)Nc2cccc(Br)c2)c1. The fourth-order valence-corrected chi connectivity index (χ4v) is 2.02. The molecule has 0 saturated carbocycles. The zero-order valence-electron chi connectivity index (χ0n) is 10.8. The number of halogens is 1. The summed E-state index contributed by atoms with van der Waals surface area (Å²) >= 11 is 3.37. The molecular weight excluding hydrogens is 318 g/mol. The second kappa shape index (κ2) is 6.86. The average Bonchev–Trinajstić information content (AvgIpc) is 2.45. The van der Waals surface area contributed by atoms with E-state index in [4.69, 9.17) is 0 Å². The van der Waals surface area contributed by atoms with E-state index in [0.717, 1.165) is 15.8 Å². The summed E-state index contributed by atoms with van der Waals surface area (Å²) in [5.74, 6) is -0.196. The molecular formula is C15H14BrN3O. The second-order valence-electron chi connectivity index (χ2n) is 4.10. The van der Waals surface area contributed by atoms with Gasteiger partial charge in [0.15, 0.2) is 0 Å². The molecule has 1 heterocycles. The molecule has 2 N–H and O–H groups in total. The Kier molecular flexibility index (Phi) is 4.90. The van der Waals surface area contributed by atoms with Crippen molar-refractivity contribution in [2.45, 2.75) is 0 Å². The van der Waals surface area contributed by atoms with Gasteiger partial charge >= 0.3 is 0 Å². The lowest BCUT2D eigenvalue weighted by molar-refractivity contribution is 0.102. The topological polar surface area (TPSA) is 54.0 Å². The number of nitrogens with one attached hydrogen (secondary N) is 2. The van der Waals surface area contributed by atoms with E-state index < -0.39 is 0 Å². The lowest BCUT2D eigenvalue weighted by atomic mass is 10.2. The van der Waals surface area contributed by atoms with Crippen LogP contribution in [0, 0.1) is 0 Å². The molecule has 0 aliphatic rings. The molecule has 1 amide bonds. The number of hydrogen-bond donors (Lipinski definition) is 2. The van der Waals surface area contributed by atoms with Gasteiger partial charge in [0.2, 0.25) is 0 Å². The molecule has 2 rings (SSSR count). The molecule has 0 radical (unpaired) electrons. The first-order chi connectivity index (χ1) is 9.69. The predicted octanol–water partition coefficient (Wildman–Crippen LogP) is 3.69. The van der Waals surface area contributed by atoms with Gasteiger partial charge in [0.05, 0.1) is 11.3 Å². The number of anilines is 2. The zero-order valence-corrected chi connectivity index (χ0v) is 12.4. The molecule has 0 bridgehead atoms. The van der Waals surface area contributed by atoms with Crippen LogP contribution in [0.15, 0.2) is 59.9 Å².